The van der Waals surface area contributed by atoms with Crippen LogP contribution in [0.25, 0.3) is 33.2 Å². The average Bonchev–Trinajstić information content (AvgIpc) is 3.47. The van der Waals surface area contributed by atoms with Gasteiger partial charge >= 0.3 is 0 Å². The standard InChI is InChI=1S/C21H17N5O4/c1-2-3-17(27)12-9-26(21(29)20(12)28)16-7-6-14-19(25-30-24-14)18(16)11-4-5-13-15(8-11)23-10-22-13/h4-8,10,28H,2-3,9H2,1H3,(H,22,23). The second-order valence-electron chi connectivity index (χ2n) is 7.12. The molecule has 1 aliphatic heterocycles. The molecule has 4 aromatic rings. The highest BCUT2D eigenvalue weighted by Gasteiger charge is 2.36. The van der Waals surface area contributed by atoms with E-state index in [-0.39, 0.29) is 24.3 Å². The summed E-state index contributed by atoms with van der Waals surface area (Å²) in [4.78, 5) is 33.9. The number of anilines is 1. The minimum absolute atomic E-state index is 0.00205. The van der Waals surface area contributed by atoms with Gasteiger partial charge in [-0.15, -0.1) is 0 Å². The van der Waals surface area contributed by atoms with Gasteiger partial charge in [-0.1, -0.05) is 13.0 Å². The van der Waals surface area contributed by atoms with Crippen molar-refractivity contribution in [3.05, 3.63) is 48.0 Å². The molecule has 0 bridgehead atoms. The van der Waals surface area contributed by atoms with Crippen LogP contribution in [0.4, 0.5) is 5.69 Å². The number of H-pyrrole nitrogens is 1. The Balaban J connectivity index is 1.66. The molecule has 0 saturated heterocycles. The Bertz CT molecular complexity index is 1350. The molecule has 150 valence electrons. The van der Waals surface area contributed by atoms with Crippen molar-refractivity contribution in [3.8, 4) is 11.1 Å². The zero-order chi connectivity index (χ0) is 20.8. The number of carbonyl (C=O) groups is 2. The van der Waals surface area contributed by atoms with Crippen LogP contribution < -0.4 is 4.90 Å². The molecule has 0 aliphatic carbocycles. The summed E-state index contributed by atoms with van der Waals surface area (Å²) >= 11 is 0. The molecule has 0 unspecified atom stereocenters. The number of hydrogen-bond donors (Lipinski definition) is 2. The number of amides is 1. The van der Waals surface area contributed by atoms with Crippen LogP contribution in [-0.2, 0) is 9.59 Å². The van der Waals surface area contributed by atoms with E-state index in [0.29, 0.717) is 28.7 Å². The Morgan fingerprint density at radius 3 is 2.93 bits per heavy atom. The fourth-order valence-corrected chi connectivity index (χ4v) is 3.79. The lowest BCUT2D eigenvalue weighted by Gasteiger charge is -2.20. The number of imidazole rings is 1. The van der Waals surface area contributed by atoms with E-state index in [1.165, 1.54) is 4.90 Å². The molecular weight excluding hydrogens is 386 g/mol. The molecule has 0 atom stereocenters. The van der Waals surface area contributed by atoms with Crippen LogP contribution in [-0.4, -0.2) is 43.6 Å². The Morgan fingerprint density at radius 1 is 1.23 bits per heavy atom. The largest absolute Gasteiger partial charge is 0.503 e. The Morgan fingerprint density at radius 2 is 2.10 bits per heavy atom. The first-order valence-electron chi connectivity index (χ1n) is 9.54. The van der Waals surface area contributed by atoms with Gasteiger partial charge in [-0.05, 0) is 46.6 Å². The van der Waals surface area contributed by atoms with Gasteiger partial charge in [0, 0.05) is 12.0 Å². The van der Waals surface area contributed by atoms with E-state index >= 15 is 0 Å². The average molecular weight is 403 g/mol. The number of nitrogens with one attached hydrogen (secondary N) is 1. The lowest BCUT2D eigenvalue weighted by molar-refractivity contribution is -0.118. The second-order valence-corrected chi connectivity index (χ2v) is 7.12. The number of aromatic nitrogens is 4. The highest BCUT2D eigenvalue weighted by molar-refractivity contribution is 6.17. The van der Waals surface area contributed by atoms with E-state index in [9.17, 15) is 14.7 Å². The van der Waals surface area contributed by atoms with E-state index < -0.39 is 11.7 Å². The van der Waals surface area contributed by atoms with Crippen LogP contribution in [0.1, 0.15) is 19.8 Å². The minimum atomic E-state index is -0.618. The SMILES string of the molecule is CCCC(=O)C1=C(O)C(=O)N(c2ccc3nonc3c2-c2ccc3[nH]cnc3c2)C1. The highest BCUT2D eigenvalue weighted by atomic mass is 16.6. The molecule has 0 spiro atoms. The van der Waals surface area contributed by atoms with Gasteiger partial charge in [-0.2, -0.15) is 0 Å². The number of benzene rings is 2. The molecule has 9 heteroatoms. The number of rotatable bonds is 5. The molecule has 0 radical (unpaired) electrons. The molecule has 2 aromatic heterocycles. The van der Waals surface area contributed by atoms with Gasteiger partial charge < -0.3 is 15.0 Å². The van der Waals surface area contributed by atoms with Crippen molar-refractivity contribution < 1.29 is 19.3 Å². The molecule has 9 nitrogen and oxygen atoms in total. The summed E-state index contributed by atoms with van der Waals surface area (Å²) in [6.07, 6.45) is 2.51. The van der Waals surface area contributed by atoms with Gasteiger partial charge in [0.1, 0.15) is 11.0 Å². The molecule has 2 aromatic carbocycles. The van der Waals surface area contributed by atoms with E-state index in [1.54, 1.807) is 18.5 Å². The zero-order valence-electron chi connectivity index (χ0n) is 16.0. The van der Waals surface area contributed by atoms with Crippen molar-refractivity contribution in [1.29, 1.82) is 0 Å². The number of carbonyl (C=O) groups excluding carboxylic acids is 2. The number of nitrogens with zero attached hydrogens (tertiary/aromatic N) is 4. The molecule has 0 saturated carbocycles. The van der Waals surface area contributed by atoms with Gasteiger partial charge in [-0.25, -0.2) is 9.61 Å². The maximum absolute atomic E-state index is 12.8. The van der Waals surface area contributed by atoms with Gasteiger partial charge in [0.2, 0.25) is 0 Å². The Kier molecular flexibility index (Phi) is 4.09. The van der Waals surface area contributed by atoms with Crippen LogP contribution in [0.5, 0.6) is 0 Å². The first-order chi connectivity index (χ1) is 14.6. The molecule has 5 rings (SSSR count). The van der Waals surface area contributed by atoms with Crippen LogP contribution in [0, 0.1) is 0 Å². The summed E-state index contributed by atoms with van der Waals surface area (Å²) in [5.74, 6) is -1.34. The summed E-state index contributed by atoms with van der Waals surface area (Å²) in [5.41, 5.74) is 4.63. The smallest absolute Gasteiger partial charge is 0.293 e. The van der Waals surface area contributed by atoms with Crippen LogP contribution in [0.3, 0.4) is 0 Å². The Hall–Kier alpha value is -4.01. The van der Waals surface area contributed by atoms with Gasteiger partial charge in [-0.3, -0.25) is 9.59 Å². The third-order valence-electron chi connectivity index (χ3n) is 5.27. The quantitative estimate of drug-likeness (QED) is 0.524. The second kappa shape index (κ2) is 6.80. The first kappa shape index (κ1) is 18.0. The number of aliphatic hydroxyl groups excluding tert-OH is 1. The van der Waals surface area contributed by atoms with Crippen molar-refractivity contribution in [2.75, 3.05) is 11.4 Å². The van der Waals surface area contributed by atoms with E-state index in [2.05, 4.69) is 20.3 Å². The van der Waals surface area contributed by atoms with Crippen molar-refractivity contribution in [1.82, 2.24) is 20.3 Å². The summed E-state index contributed by atoms with van der Waals surface area (Å²) in [6.45, 7) is 1.87. The minimum Gasteiger partial charge on any atom is -0.503 e. The maximum Gasteiger partial charge on any atom is 0.293 e. The van der Waals surface area contributed by atoms with Gasteiger partial charge in [0.25, 0.3) is 5.91 Å². The first-order valence-corrected chi connectivity index (χ1v) is 9.54. The number of hydrogen-bond acceptors (Lipinski definition) is 7. The van der Waals surface area contributed by atoms with Crippen LogP contribution in [0.15, 0.2) is 52.6 Å². The van der Waals surface area contributed by atoms with E-state index in [0.717, 1.165) is 16.6 Å². The van der Waals surface area contributed by atoms with Crippen molar-refractivity contribution >= 4 is 39.4 Å². The number of ketones is 1. The maximum atomic E-state index is 12.8. The fourth-order valence-electron chi connectivity index (χ4n) is 3.79. The third kappa shape index (κ3) is 2.66. The highest BCUT2D eigenvalue weighted by Crippen LogP contribution is 2.39. The van der Waals surface area contributed by atoms with Crippen molar-refractivity contribution in [2.24, 2.45) is 0 Å². The number of aromatic amines is 1. The zero-order valence-corrected chi connectivity index (χ0v) is 16.0. The summed E-state index contributed by atoms with van der Waals surface area (Å²) in [5, 5.41) is 18.3. The monoisotopic (exact) mass is 403 g/mol. The predicted octanol–water partition coefficient (Wildman–Crippen LogP) is 3.29. The number of fused-ring (bicyclic) bond motifs is 2. The molecule has 3 heterocycles. The third-order valence-corrected chi connectivity index (χ3v) is 5.27. The van der Waals surface area contributed by atoms with Crippen LogP contribution >= 0.6 is 0 Å². The molecule has 1 amide bonds. The number of Topliss-reactive ketones (excluding diaryl/α,β-unsaturated/α-hetero) is 1. The lowest BCUT2D eigenvalue weighted by atomic mass is 10.00. The van der Waals surface area contributed by atoms with Gasteiger partial charge in [0.05, 0.1) is 35.2 Å². The van der Waals surface area contributed by atoms with E-state index in [1.807, 2.05) is 25.1 Å². The normalized spacial score (nSPS) is 14.4. The molecular formula is C21H17N5O4. The van der Waals surface area contributed by atoms with E-state index in [4.69, 9.17) is 4.63 Å². The molecule has 1 aliphatic rings. The molecule has 30 heavy (non-hydrogen) atoms. The topological polar surface area (TPSA) is 125 Å². The lowest BCUT2D eigenvalue weighted by Crippen LogP contribution is -2.28. The Labute approximate surface area is 170 Å². The number of aliphatic hydroxyl groups is 1. The predicted molar refractivity (Wildman–Crippen MR) is 109 cm³/mol. The molecule has 0 fully saturated rings. The summed E-state index contributed by atoms with van der Waals surface area (Å²) in [6, 6.07) is 9.04. The van der Waals surface area contributed by atoms with Crippen LogP contribution in [0.2, 0.25) is 0 Å². The molecule has 2 N–H and O–H groups in total. The van der Waals surface area contributed by atoms with Crippen molar-refractivity contribution in [2.45, 2.75) is 19.8 Å². The van der Waals surface area contributed by atoms with Crippen molar-refractivity contribution in [3.63, 3.8) is 0 Å². The van der Waals surface area contributed by atoms with Gasteiger partial charge in [0.15, 0.2) is 11.5 Å². The summed E-state index contributed by atoms with van der Waals surface area (Å²) < 4.78 is 4.92. The summed E-state index contributed by atoms with van der Waals surface area (Å²) in [7, 11) is 0. The fraction of sp³-hybridized carbons (Fsp3) is 0.190.